The number of fused-ring (bicyclic) bond motifs is 6. The number of ether oxygens (including phenoxy) is 4. The first-order valence-corrected chi connectivity index (χ1v) is 32.6. The Bertz CT molecular complexity index is 3220. The number of aliphatic hydroxyl groups excluding tert-OH is 2. The molecule has 454 valence electrons. The molecule has 6 aliphatic rings. The predicted molar refractivity (Wildman–Crippen MR) is 311 cm³/mol. The molecule has 6 aliphatic heterocycles. The minimum atomic E-state index is -3.34. The normalized spacial score (nSPS) is 23.9. The van der Waals surface area contributed by atoms with Gasteiger partial charge in [-0.05, 0) is 132 Å². The smallest absolute Gasteiger partial charge is 0.415 e. The van der Waals surface area contributed by atoms with E-state index < -0.39 is 79.1 Å². The number of nitrogens with zero attached hydrogens (tertiary/aromatic N) is 4. The van der Waals surface area contributed by atoms with E-state index in [-0.39, 0.29) is 123 Å². The van der Waals surface area contributed by atoms with Crippen LogP contribution in [0.1, 0.15) is 163 Å². The molecule has 83 heavy (non-hydrogen) atoms. The maximum Gasteiger partial charge on any atom is 0.415 e. The Kier molecular flexibility index (Phi) is 19.3. The van der Waals surface area contributed by atoms with Crippen LogP contribution in [0.3, 0.4) is 0 Å². The molecule has 6 heterocycles. The van der Waals surface area contributed by atoms with Gasteiger partial charge >= 0.3 is 18.2 Å². The predicted octanol–water partition coefficient (Wildman–Crippen LogP) is 8.05. The minimum absolute atomic E-state index is 0.0000629. The van der Waals surface area contributed by atoms with Gasteiger partial charge in [0.15, 0.2) is 19.7 Å². The molecule has 22 heteroatoms. The van der Waals surface area contributed by atoms with Gasteiger partial charge < -0.3 is 53.9 Å². The Morgan fingerprint density at radius 2 is 1.08 bits per heavy atom. The molecule has 8 rings (SSSR count). The fourth-order valence-corrected chi connectivity index (χ4v) is 14.1. The molecule has 0 saturated carbocycles. The van der Waals surface area contributed by atoms with Crippen LogP contribution in [0.2, 0.25) is 0 Å². The quantitative estimate of drug-likeness (QED) is 0.106. The second-order valence-electron chi connectivity index (χ2n) is 24.2. The first-order chi connectivity index (χ1) is 39.1. The first kappa shape index (κ1) is 62.8. The molecule has 2 aromatic rings. The molecule has 0 spiro atoms. The van der Waals surface area contributed by atoms with Gasteiger partial charge in [-0.3, -0.25) is 9.59 Å². The largest absolute Gasteiger partial charge is 0.484 e. The van der Waals surface area contributed by atoms with E-state index in [1.165, 1.54) is 54.0 Å². The van der Waals surface area contributed by atoms with Gasteiger partial charge in [-0.25, -0.2) is 31.2 Å². The number of amides is 4. The van der Waals surface area contributed by atoms with E-state index in [9.17, 15) is 56.1 Å². The number of rotatable bonds is 20. The molecule has 2 aromatic carbocycles. The number of carbonyl (C=O) groups is 5. The number of aliphatic carboxylic acids is 1. The molecule has 2 saturated heterocycles. The molecule has 3 N–H and O–H groups in total. The van der Waals surface area contributed by atoms with Gasteiger partial charge in [0.05, 0.1) is 59.4 Å². The fraction of sp³-hybridized carbons (Fsp3) is 0.590. The summed E-state index contributed by atoms with van der Waals surface area (Å²) < 4.78 is 74.2. The molecular weight excluding hydrogens is 1110 g/mol. The summed E-state index contributed by atoms with van der Waals surface area (Å²) >= 11 is 0. The standard InChI is InChI=1S/C61H82N4O16S2/c1-38(2)14-9-16-40(5)18-11-21-60(7)51(66)34-44-49(78-58(72)62-24-28-82(74,75)29-25-62)32-42-46(53(44)80-60)36-64(55(42)68)23-13-20-48(57(70)71)65-37-47-43(56(65)69)33-50(79-59(73)63-26-30-83(76,77)31-27-63)45-35-52(67)61(8,81-54(45)47)22-12-19-41(6)17-10-15-39(3)4/h14-15,18-19,32-33,48,51-52,66-67H,9-13,16-17,20-31,34-37H2,1-8H3,(H,70,71)/b40-18+,41-19+/t48-,51-,52-,60+,61+/m0/s1/i58+2,59+2. The summed E-state index contributed by atoms with van der Waals surface area (Å²) in [6.07, 6.45) is 10.3. The summed E-state index contributed by atoms with van der Waals surface area (Å²) in [7, 11) is -6.66. The van der Waals surface area contributed by atoms with Crippen molar-refractivity contribution < 1.29 is 75.1 Å². The lowest BCUT2D eigenvalue weighted by Crippen LogP contribution is -2.49. The number of carbonyl (C=O) groups excluding carboxylic acids is 4. The van der Waals surface area contributed by atoms with Gasteiger partial charge in [0.1, 0.15) is 40.2 Å². The molecule has 0 unspecified atom stereocenters. The SMILES string of the molecule is CC(C)=CCC/C(C)=C/CC[C@@]1(C)Oc2c(c(O[14C](=O)N3CCS(=O)(=O)CC3)cc3c2CN(CCC[C@@H](C(=O)O)N2Cc4c(cc(O[14C](=O)N5CCS(=O)(=O)CC5)c5c4O[C@](C)(CC/C=C(\C)CCC=C(C)C)[C@@H](O)C5)C2=O)C3=O)C[C@@H]1O. The van der Waals surface area contributed by atoms with Crippen LogP contribution in [0.4, 0.5) is 9.59 Å². The number of benzene rings is 2. The second-order valence-corrected chi connectivity index (χ2v) is 28.8. The van der Waals surface area contributed by atoms with E-state index in [4.69, 9.17) is 18.9 Å². The second kappa shape index (κ2) is 25.5. The minimum Gasteiger partial charge on any atom is -0.484 e. The van der Waals surface area contributed by atoms with Crippen LogP contribution < -0.4 is 18.9 Å². The van der Waals surface area contributed by atoms with Crippen LogP contribution in [-0.4, -0.2) is 167 Å². The van der Waals surface area contributed by atoms with Gasteiger partial charge in [0.2, 0.25) is 0 Å². The van der Waals surface area contributed by atoms with Crippen molar-refractivity contribution in [2.24, 2.45) is 0 Å². The maximum absolute atomic E-state index is 14.6. The summed E-state index contributed by atoms with van der Waals surface area (Å²) in [6, 6.07) is 1.42. The highest BCUT2D eigenvalue weighted by molar-refractivity contribution is 7.91. The molecule has 2 fully saturated rings. The van der Waals surface area contributed by atoms with Crippen molar-refractivity contribution in [2.75, 3.05) is 55.7 Å². The zero-order valence-corrected chi connectivity index (χ0v) is 50.8. The van der Waals surface area contributed by atoms with Crippen molar-refractivity contribution in [1.82, 2.24) is 19.6 Å². The lowest BCUT2D eigenvalue weighted by Gasteiger charge is -2.41. The first-order valence-electron chi connectivity index (χ1n) is 28.9. The Labute approximate surface area is 488 Å². The van der Waals surface area contributed by atoms with Crippen molar-refractivity contribution in [3.63, 3.8) is 0 Å². The molecule has 20 nitrogen and oxygen atoms in total. The van der Waals surface area contributed by atoms with Crippen molar-refractivity contribution >= 4 is 49.6 Å². The Balaban J connectivity index is 1.02. The molecule has 5 atom stereocenters. The maximum atomic E-state index is 14.6. The molecule has 0 bridgehead atoms. The molecule has 0 radical (unpaired) electrons. The van der Waals surface area contributed by atoms with Crippen LogP contribution >= 0.6 is 0 Å². The highest BCUT2D eigenvalue weighted by atomic mass is 32.2. The van der Waals surface area contributed by atoms with Crippen LogP contribution in [0.5, 0.6) is 23.0 Å². The number of carboxylic acids is 1. The van der Waals surface area contributed by atoms with E-state index in [2.05, 4.69) is 45.1 Å². The van der Waals surface area contributed by atoms with Crippen LogP contribution in [-0.2, 0) is 50.4 Å². The Morgan fingerprint density at radius 3 is 1.51 bits per heavy atom. The van der Waals surface area contributed by atoms with Gasteiger partial charge in [-0.1, -0.05) is 46.6 Å². The lowest BCUT2D eigenvalue weighted by atomic mass is 9.84. The van der Waals surface area contributed by atoms with Gasteiger partial charge in [-0.15, -0.1) is 0 Å². The number of allylic oxidation sites excluding steroid dienone is 8. The molecule has 4 amide bonds. The molecular formula is C61H82N4O16S2. The fourth-order valence-electron chi connectivity index (χ4n) is 11.7. The van der Waals surface area contributed by atoms with Crippen LogP contribution in [0.25, 0.3) is 0 Å². The van der Waals surface area contributed by atoms with Crippen LogP contribution in [0.15, 0.2) is 58.7 Å². The third kappa shape index (κ3) is 14.6. The van der Waals surface area contributed by atoms with Gasteiger partial charge in [-0.2, -0.15) is 0 Å². The summed E-state index contributed by atoms with van der Waals surface area (Å²) in [5, 5.41) is 34.3. The Morgan fingerprint density at radius 1 is 0.663 bits per heavy atom. The summed E-state index contributed by atoms with van der Waals surface area (Å²) in [5.41, 5.74) is 4.36. The van der Waals surface area contributed by atoms with Gasteiger partial charge in [0, 0.05) is 67.8 Å². The van der Waals surface area contributed by atoms with Crippen molar-refractivity contribution in [3.8, 4) is 23.0 Å². The average Bonchev–Trinajstić information content (AvgIpc) is 2.06. The monoisotopic (exact) mass is 1190 g/mol. The van der Waals surface area contributed by atoms with Crippen molar-refractivity contribution in [1.29, 1.82) is 0 Å². The zero-order valence-electron chi connectivity index (χ0n) is 49.2. The van der Waals surface area contributed by atoms with Crippen molar-refractivity contribution in [3.05, 3.63) is 92.1 Å². The van der Waals surface area contributed by atoms with E-state index in [0.29, 0.717) is 53.7 Å². The number of hydrogen-bond acceptors (Lipinski definition) is 15. The summed E-state index contributed by atoms with van der Waals surface area (Å²) in [5.74, 6) is -2.92. The van der Waals surface area contributed by atoms with E-state index in [1.54, 1.807) is 6.92 Å². The third-order valence-electron chi connectivity index (χ3n) is 17.1. The molecule has 0 aliphatic carbocycles. The summed E-state index contributed by atoms with van der Waals surface area (Å²) in [4.78, 5) is 75.0. The number of hydrogen-bond donors (Lipinski definition) is 3. The topological polar surface area (TPSA) is 264 Å². The van der Waals surface area contributed by atoms with E-state index >= 15 is 0 Å². The van der Waals surface area contributed by atoms with Crippen molar-refractivity contribution in [2.45, 2.75) is 175 Å². The highest BCUT2D eigenvalue weighted by Crippen LogP contribution is 2.49. The number of carboxylic acid groups (broad SMARTS) is 1. The summed E-state index contributed by atoms with van der Waals surface area (Å²) in [6.45, 7) is 15.5. The Hall–Kier alpha value is -6.23. The lowest BCUT2D eigenvalue weighted by molar-refractivity contribution is -0.142. The molecule has 0 aromatic heterocycles. The third-order valence-corrected chi connectivity index (χ3v) is 20.3. The number of aliphatic hydroxyl groups is 2. The number of sulfone groups is 2. The average molecular weight is 1200 g/mol. The van der Waals surface area contributed by atoms with Crippen LogP contribution in [0, 0.1) is 0 Å². The highest BCUT2D eigenvalue weighted by Gasteiger charge is 2.48. The van der Waals surface area contributed by atoms with Gasteiger partial charge in [0.25, 0.3) is 11.8 Å². The van der Waals surface area contributed by atoms with E-state index in [1.807, 2.05) is 27.7 Å². The van der Waals surface area contributed by atoms with E-state index in [0.717, 1.165) is 25.7 Å². The zero-order chi connectivity index (χ0) is 60.3.